The Labute approximate surface area is 121 Å². The first-order valence-electron chi connectivity index (χ1n) is 6.73. The molecule has 0 amide bonds. The SMILES string of the molecule is Clc1cc2c(cc1NC1CCCc3occc31)OCO2. The smallest absolute Gasteiger partial charge is 0.231 e. The molecule has 1 unspecified atom stereocenters. The average Bonchev–Trinajstić information content (AvgIpc) is 3.07. The van der Waals surface area contributed by atoms with Crippen molar-refractivity contribution in [2.75, 3.05) is 12.1 Å². The van der Waals surface area contributed by atoms with Crippen LogP contribution in [0.15, 0.2) is 28.9 Å². The van der Waals surface area contributed by atoms with Gasteiger partial charge in [0, 0.05) is 24.1 Å². The van der Waals surface area contributed by atoms with Crippen LogP contribution in [0.2, 0.25) is 5.02 Å². The number of anilines is 1. The largest absolute Gasteiger partial charge is 0.469 e. The zero-order valence-corrected chi connectivity index (χ0v) is 11.6. The van der Waals surface area contributed by atoms with Gasteiger partial charge in [-0.2, -0.15) is 0 Å². The molecular formula is C15H14ClNO3. The fourth-order valence-electron chi connectivity index (χ4n) is 2.85. The molecule has 1 aliphatic carbocycles. The van der Waals surface area contributed by atoms with Crippen molar-refractivity contribution in [1.82, 2.24) is 0 Å². The summed E-state index contributed by atoms with van der Waals surface area (Å²) in [5.74, 6) is 2.51. The minimum atomic E-state index is 0.232. The van der Waals surface area contributed by atoms with Crippen molar-refractivity contribution in [3.63, 3.8) is 0 Å². The maximum atomic E-state index is 6.31. The van der Waals surface area contributed by atoms with Crippen LogP contribution < -0.4 is 14.8 Å². The van der Waals surface area contributed by atoms with Gasteiger partial charge in [0.05, 0.1) is 23.0 Å². The Morgan fingerprint density at radius 2 is 2.05 bits per heavy atom. The van der Waals surface area contributed by atoms with Crippen molar-refractivity contribution in [2.45, 2.75) is 25.3 Å². The number of hydrogen-bond donors (Lipinski definition) is 1. The highest BCUT2D eigenvalue weighted by atomic mass is 35.5. The van der Waals surface area contributed by atoms with E-state index < -0.39 is 0 Å². The molecule has 0 spiro atoms. The van der Waals surface area contributed by atoms with Crippen molar-refractivity contribution in [1.29, 1.82) is 0 Å². The van der Waals surface area contributed by atoms with Gasteiger partial charge >= 0.3 is 0 Å². The summed E-state index contributed by atoms with van der Waals surface area (Å²) in [6.45, 7) is 0.254. The summed E-state index contributed by atoms with van der Waals surface area (Å²) in [6.07, 6.45) is 4.94. The summed E-state index contributed by atoms with van der Waals surface area (Å²) < 4.78 is 16.2. The topological polar surface area (TPSA) is 43.6 Å². The van der Waals surface area contributed by atoms with E-state index in [9.17, 15) is 0 Å². The number of furan rings is 1. The van der Waals surface area contributed by atoms with Gasteiger partial charge in [0.15, 0.2) is 11.5 Å². The van der Waals surface area contributed by atoms with Crippen LogP contribution in [0.25, 0.3) is 0 Å². The Balaban J connectivity index is 1.64. The van der Waals surface area contributed by atoms with Crippen LogP contribution in [0.4, 0.5) is 5.69 Å². The molecule has 4 rings (SSSR count). The van der Waals surface area contributed by atoms with Crippen molar-refractivity contribution in [3.05, 3.63) is 40.8 Å². The van der Waals surface area contributed by atoms with Gasteiger partial charge in [-0.25, -0.2) is 0 Å². The van der Waals surface area contributed by atoms with E-state index in [1.807, 2.05) is 12.1 Å². The zero-order chi connectivity index (χ0) is 13.5. The molecule has 2 heterocycles. The molecule has 4 nitrogen and oxygen atoms in total. The van der Waals surface area contributed by atoms with Crippen LogP contribution in [0, 0.1) is 0 Å². The summed E-state index contributed by atoms with van der Waals surface area (Å²) in [5.41, 5.74) is 2.10. The average molecular weight is 292 g/mol. The highest BCUT2D eigenvalue weighted by molar-refractivity contribution is 6.33. The summed E-state index contributed by atoms with van der Waals surface area (Å²) in [7, 11) is 0. The number of nitrogens with one attached hydrogen (secondary N) is 1. The molecule has 1 aromatic carbocycles. The molecule has 1 aliphatic heterocycles. The van der Waals surface area contributed by atoms with Crippen LogP contribution in [-0.4, -0.2) is 6.79 Å². The third-order valence-electron chi connectivity index (χ3n) is 3.84. The van der Waals surface area contributed by atoms with Gasteiger partial charge in [0.1, 0.15) is 5.76 Å². The first-order chi connectivity index (χ1) is 9.81. The highest BCUT2D eigenvalue weighted by Gasteiger charge is 2.24. The predicted molar refractivity (Wildman–Crippen MR) is 75.6 cm³/mol. The molecule has 1 N–H and O–H groups in total. The molecule has 0 saturated carbocycles. The van der Waals surface area contributed by atoms with E-state index in [1.54, 1.807) is 12.3 Å². The molecule has 0 bridgehead atoms. The fraction of sp³-hybridized carbons (Fsp3) is 0.333. The summed E-state index contributed by atoms with van der Waals surface area (Å²) >= 11 is 6.31. The quantitative estimate of drug-likeness (QED) is 0.902. The Hall–Kier alpha value is -1.81. The van der Waals surface area contributed by atoms with Gasteiger partial charge in [-0.05, 0) is 18.9 Å². The minimum absolute atomic E-state index is 0.232. The van der Waals surface area contributed by atoms with E-state index in [-0.39, 0.29) is 12.8 Å². The third kappa shape index (κ3) is 1.91. The molecule has 1 aromatic heterocycles. The Kier molecular flexibility index (Phi) is 2.77. The molecule has 2 aromatic rings. The standard InChI is InChI=1S/C15H14ClNO3/c16-10-6-14-15(20-8-19-14)7-12(10)17-11-2-1-3-13-9(11)4-5-18-13/h4-7,11,17H,1-3,8H2. The van der Waals surface area contributed by atoms with Crippen LogP contribution in [0.3, 0.4) is 0 Å². The predicted octanol–water partition coefficient (Wildman–Crippen LogP) is 4.15. The number of ether oxygens (including phenoxy) is 2. The maximum absolute atomic E-state index is 6.31. The van der Waals surface area contributed by atoms with Gasteiger partial charge in [0.25, 0.3) is 0 Å². The van der Waals surface area contributed by atoms with Gasteiger partial charge in [-0.3, -0.25) is 0 Å². The number of halogens is 1. The molecule has 0 fully saturated rings. The zero-order valence-electron chi connectivity index (χ0n) is 10.8. The molecule has 0 radical (unpaired) electrons. The fourth-order valence-corrected chi connectivity index (χ4v) is 3.06. The van der Waals surface area contributed by atoms with Crippen LogP contribution >= 0.6 is 11.6 Å². The molecule has 20 heavy (non-hydrogen) atoms. The molecule has 0 saturated heterocycles. The molecule has 2 aliphatic rings. The summed E-state index contributed by atoms with van der Waals surface area (Å²) in [6, 6.07) is 5.97. The number of aryl methyl sites for hydroxylation is 1. The van der Waals surface area contributed by atoms with E-state index in [2.05, 4.69) is 5.32 Å². The second kappa shape index (κ2) is 4.63. The van der Waals surface area contributed by atoms with Crippen LogP contribution in [0.5, 0.6) is 11.5 Å². The second-order valence-electron chi connectivity index (χ2n) is 5.07. The highest BCUT2D eigenvalue weighted by Crippen LogP contribution is 2.41. The van der Waals surface area contributed by atoms with Crippen molar-refractivity contribution in [3.8, 4) is 11.5 Å². The molecule has 5 heteroatoms. The lowest BCUT2D eigenvalue weighted by Crippen LogP contribution is -2.16. The lowest BCUT2D eigenvalue weighted by atomic mass is 9.93. The monoisotopic (exact) mass is 291 g/mol. The van der Waals surface area contributed by atoms with Gasteiger partial charge < -0.3 is 19.2 Å². The van der Waals surface area contributed by atoms with E-state index in [0.29, 0.717) is 10.8 Å². The molecular weight excluding hydrogens is 278 g/mol. The molecule has 104 valence electrons. The van der Waals surface area contributed by atoms with Gasteiger partial charge in [-0.1, -0.05) is 11.6 Å². The van der Waals surface area contributed by atoms with E-state index >= 15 is 0 Å². The Morgan fingerprint density at radius 1 is 1.20 bits per heavy atom. The first kappa shape index (κ1) is 12.0. The number of hydrogen-bond acceptors (Lipinski definition) is 4. The molecule has 1 atom stereocenters. The van der Waals surface area contributed by atoms with Crippen molar-refractivity contribution >= 4 is 17.3 Å². The summed E-state index contributed by atoms with van der Waals surface area (Å²) in [5, 5.41) is 4.14. The Bertz CT molecular complexity index is 653. The first-order valence-corrected chi connectivity index (χ1v) is 7.11. The lowest BCUT2D eigenvalue weighted by molar-refractivity contribution is 0.174. The van der Waals surface area contributed by atoms with Gasteiger partial charge in [0.2, 0.25) is 6.79 Å². The third-order valence-corrected chi connectivity index (χ3v) is 4.16. The minimum Gasteiger partial charge on any atom is -0.469 e. The summed E-state index contributed by atoms with van der Waals surface area (Å²) in [4.78, 5) is 0. The number of benzene rings is 1. The van der Waals surface area contributed by atoms with Crippen molar-refractivity contribution < 1.29 is 13.9 Å². The van der Waals surface area contributed by atoms with Crippen LogP contribution in [-0.2, 0) is 6.42 Å². The number of fused-ring (bicyclic) bond motifs is 2. The lowest BCUT2D eigenvalue weighted by Gasteiger charge is -2.24. The van der Waals surface area contributed by atoms with Gasteiger partial charge in [-0.15, -0.1) is 0 Å². The normalized spacial score (nSPS) is 19.8. The van der Waals surface area contributed by atoms with E-state index in [0.717, 1.165) is 36.5 Å². The number of rotatable bonds is 2. The van der Waals surface area contributed by atoms with E-state index in [4.69, 9.17) is 25.5 Å². The van der Waals surface area contributed by atoms with Crippen molar-refractivity contribution in [2.24, 2.45) is 0 Å². The Morgan fingerprint density at radius 3 is 2.95 bits per heavy atom. The maximum Gasteiger partial charge on any atom is 0.231 e. The van der Waals surface area contributed by atoms with E-state index in [1.165, 1.54) is 5.56 Å². The second-order valence-corrected chi connectivity index (χ2v) is 5.48. The van der Waals surface area contributed by atoms with Crippen LogP contribution in [0.1, 0.15) is 30.2 Å².